The summed E-state index contributed by atoms with van der Waals surface area (Å²) in [6, 6.07) is -9.44. The van der Waals surface area contributed by atoms with E-state index in [-0.39, 0.29) is 81.5 Å². The number of aromatic hydroxyl groups is 1. The van der Waals surface area contributed by atoms with Gasteiger partial charge < -0.3 is 116 Å². The van der Waals surface area contributed by atoms with Gasteiger partial charge in [-0.25, -0.2) is 4.79 Å². The summed E-state index contributed by atoms with van der Waals surface area (Å²) in [5.41, 5.74) is 20.1. The Labute approximate surface area is 537 Å². The number of unbranched alkanes of at least 4 members (excludes halogenated alkanes) is 1. The molecule has 2 saturated heterocycles. The lowest BCUT2D eigenvalue weighted by Gasteiger charge is -2.40. The Morgan fingerprint density at radius 2 is 1.25 bits per heavy atom. The molecule has 0 aromatic heterocycles. The second-order valence-corrected chi connectivity index (χ2v) is 23.6. The molecule has 38 heteroatoms. The minimum atomic E-state index is -2.03. The molecule has 1 aromatic carbocycles. The van der Waals surface area contributed by atoms with E-state index in [0.717, 1.165) is 16.7 Å². The van der Waals surface area contributed by atoms with Crippen molar-refractivity contribution in [2.24, 2.45) is 28.1 Å². The number of amides is 11. The van der Waals surface area contributed by atoms with Crippen LogP contribution in [0.3, 0.4) is 0 Å². The molecule has 0 aliphatic carbocycles. The van der Waals surface area contributed by atoms with Crippen LogP contribution < -0.4 is 70.8 Å². The van der Waals surface area contributed by atoms with Gasteiger partial charge in [0.1, 0.15) is 72.4 Å². The maximum Gasteiger partial charge on any atom is 0.327 e. The fraction of sp³-hybridized carbons (Fsp3) is 0.636. The number of phenols is 1. The highest BCUT2D eigenvalue weighted by Gasteiger charge is 2.44. The maximum atomic E-state index is 14.4. The highest BCUT2D eigenvalue weighted by Crippen LogP contribution is 2.27. The quantitative estimate of drug-likeness (QED) is 0.0125. The Kier molecular flexibility index (Phi) is 33.3. The first-order valence-electron chi connectivity index (χ1n) is 29.7. The lowest BCUT2D eigenvalue weighted by Crippen LogP contribution is -2.63. The lowest BCUT2D eigenvalue weighted by atomic mass is 9.97. The number of aliphatic hydroxyl groups excluding tert-OH is 5. The van der Waals surface area contributed by atoms with Gasteiger partial charge in [0.05, 0.1) is 30.9 Å². The van der Waals surface area contributed by atoms with Gasteiger partial charge >= 0.3 is 11.9 Å². The van der Waals surface area contributed by atoms with Crippen molar-refractivity contribution in [1.29, 1.82) is 0 Å². The van der Waals surface area contributed by atoms with Crippen molar-refractivity contribution in [3.63, 3.8) is 0 Å². The molecule has 10 unspecified atom stereocenters. The summed E-state index contributed by atoms with van der Waals surface area (Å²) in [6.07, 6.45) is -8.61. The molecule has 3 rings (SSSR count). The molecule has 0 saturated carbocycles. The van der Waals surface area contributed by atoms with Gasteiger partial charge in [-0.1, -0.05) is 26.0 Å². The monoisotopic (exact) mass is 1340 g/mol. The summed E-state index contributed by atoms with van der Waals surface area (Å²) in [5, 5.41) is 100. The number of quaternary nitrogens is 1. The first kappa shape index (κ1) is 78.9. The number of carbonyl (C=O) groups is 13. The van der Waals surface area contributed by atoms with Crippen molar-refractivity contribution in [2.75, 3.05) is 45.1 Å². The van der Waals surface area contributed by atoms with Crippen molar-refractivity contribution in [2.45, 2.75) is 169 Å². The van der Waals surface area contributed by atoms with Crippen LogP contribution in [0.25, 0.3) is 0 Å². The molecule has 0 bridgehead atoms. The van der Waals surface area contributed by atoms with Crippen LogP contribution in [0.4, 0.5) is 0 Å². The number of aliphatic hydroxyl groups is 5. The van der Waals surface area contributed by atoms with Crippen LogP contribution in [-0.4, -0.2) is 258 Å². The topological polar surface area (TPSA) is 623 Å². The van der Waals surface area contributed by atoms with Crippen LogP contribution in [-0.2, 0) is 73.5 Å². The number of carboxylic acid groups (broad SMARTS) is 2. The van der Waals surface area contributed by atoms with Gasteiger partial charge in [-0.15, -0.1) is 11.8 Å². The highest BCUT2D eigenvalue weighted by molar-refractivity contribution is 8.00. The zero-order valence-corrected chi connectivity index (χ0v) is 52.3. The number of imide groups is 1. The molecule has 2 fully saturated rings. The molecule has 93 heavy (non-hydrogen) atoms. The largest absolute Gasteiger partial charge is 0.508 e. The molecule has 2 aliphatic heterocycles. The van der Waals surface area contributed by atoms with E-state index in [9.17, 15) is 103 Å². The first-order chi connectivity index (χ1) is 43.8. The van der Waals surface area contributed by atoms with Crippen LogP contribution in [0.2, 0.25) is 0 Å². The van der Waals surface area contributed by atoms with Crippen molar-refractivity contribution < 1.29 is 114 Å². The number of likely N-dealkylation sites (tertiary alicyclic amines) is 1. The third-order valence-electron chi connectivity index (χ3n) is 14.4. The molecule has 26 N–H and O–H groups in total. The van der Waals surface area contributed by atoms with Gasteiger partial charge in [0.25, 0.3) is 5.91 Å². The molecule has 0 spiro atoms. The summed E-state index contributed by atoms with van der Waals surface area (Å²) >= 11 is 0.787. The molecule has 37 nitrogen and oxygen atoms in total. The summed E-state index contributed by atoms with van der Waals surface area (Å²) in [5.74, 6) is -15.3. The molecular formula is C55H88N15O22S+. The van der Waals surface area contributed by atoms with E-state index in [4.69, 9.17) is 21.9 Å². The van der Waals surface area contributed by atoms with Crippen molar-refractivity contribution in [1.82, 2.24) is 52.8 Å². The van der Waals surface area contributed by atoms with Crippen molar-refractivity contribution >= 4 is 94.6 Å². The molecule has 14 atom stereocenters. The van der Waals surface area contributed by atoms with Gasteiger partial charge in [0.2, 0.25) is 59.1 Å². The minimum Gasteiger partial charge on any atom is -0.508 e. The molecule has 2 heterocycles. The maximum absolute atomic E-state index is 14.4. The average molecular weight is 1340 g/mol. The standard InChI is InChI=1S/C55H87N15O22S/c1-25(2)17-31(48(84)69-35(53(89)90)24-93-37-20-40(76)70(52(37)88)16-5-4-14-60-42-44(80)43(79)36(23-72)92-54(42)91)65-46(82)29(7-6-15-61-55(58)59)63-47(83)30(12-13-38(57)74)64-49(85)32(18-27-8-10-28(73)11-9-27)66-50(86)33(19-41(77)78)67-51(87)34(22-71)68-45(81)26(3)62-39(75)21-56/h8-11,25-26,29-37,42-44,54,60,71-73,79-80,91H,4-7,12-24,56H2,1-3H3,(H2,57,74)(H,62,75)(H,63,83)(H,64,85)(H,65,82)(H,66,86)(H,67,87)(H,68,81)(H,69,84)(H,77,78)(H,89,90)(H4,58,59,61)/p+1/t26?,29?,30?,31?,32?,33?,34?,35?,36-,37?,42-,43-,44-,54?/m1/s1. The van der Waals surface area contributed by atoms with Crippen LogP contribution >= 0.6 is 11.8 Å². The molecule has 0 radical (unpaired) electrons. The third kappa shape index (κ3) is 26.6. The molecule has 11 amide bonds. The number of aliphatic imine (C=N–C) groups is 1. The van der Waals surface area contributed by atoms with E-state index < -0.39 is 206 Å². The predicted molar refractivity (Wildman–Crippen MR) is 324 cm³/mol. The SMILES string of the molecule is CC(C)CC(NC(=O)C(CCCN=C(N)N)NC(=O)C(CCC(N)=O)NC(=O)C(Cc1ccc(O)cc1)NC(=O)C(CC(=O)O)NC(=O)C(CO)NC(=O)C(C)NC(=O)C[NH3+])C(=O)NC(CSC1CC(=O)N(CCCCN[C@H]2C(O)O[C@H](CO)[C@@H](O)[C@@H]2O)C1=O)C(=O)O. The Morgan fingerprint density at radius 1 is 0.699 bits per heavy atom. The van der Waals surface area contributed by atoms with Crippen molar-refractivity contribution in [3.05, 3.63) is 29.8 Å². The van der Waals surface area contributed by atoms with Crippen LogP contribution in [0.15, 0.2) is 29.3 Å². The number of hydrogen-bond donors (Lipinski definition) is 21. The van der Waals surface area contributed by atoms with Crippen LogP contribution in [0.1, 0.15) is 84.1 Å². The zero-order chi connectivity index (χ0) is 69.8. The van der Waals surface area contributed by atoms with Crippen LogP contribution in [0, 0.1) is 5.92 Å². The summed E-state index contributed by atoms with van der Waals surface area (Å²) in [7, 11) is 0. The fourth-order valence-corrected chi connectivity index (χ4v) is 10.6. The normalized spacial score (nSPS) is 20.4. The zero-order valence-electron chi connectivity index (χ0n) is 51.5. The summed E-state index contributed by atoms with van der Waals surface area (Å²) < 4.78 is 5.13. The van der Waals surface area contributed by atoms with Gasteiger partial charge in [0, 0.05) is 38.1 Å². The average Bonchev–Trinajstić information content (AvgIpc) is 1.70. The number of ether oxygens (including phenoxy) is 1. The Balaban J connectivity index is 1.83. The van der Waals surface area contributed by atoms with E-state index in [0.29, 0.717) is 6.42 Å². The number of nitrogens with two attached hydrogens (primary N) is 3. The number of carbonyl (C=O) groups excluding carboxylic acids is 11. The number of thioether (sulfide) groups is 1. The number of benzene rings is 1. The molecular weight excluding hydrogens is 1250 g/mol. The van der Waals surface area contributed by atoms with E-state index in [1.165, 1.54) is 31.2 Å². The summed E-state index contributed by atoms with van der Waals surface area (Å²) in [4.78, 5) is 177. The Hall–Kier alpha value is -8.37. The second-order valence-electron chi connectivity index (χ2n) is 22.4. The van der Waals surface area contributed by atoms with E-state index >= 15 is 0 Å². The van der Waals surface area contributed by atoms with E-state index in [2.05, 4.69) is 58.6 Å². The van der Waals surface area contributed by atoms with E-state index in [1.807, 2.05) is 0 Å². The first-order valence-corrected chi connectivity index (χ1v) is 30.7. The Morgan fingerprint density at radius 3 is 1.82 bits per heavy atom. The minimum absolute atomic E-state index is 0.0233. The highest BCUT2D eigenvalue weighted by atomic mass is 32.2. The number of nitrogens with zero attached hydrogens (tertiary/aromatic N) is 2. The number of phenolic OH excluding ortho intramolecular Hbond substituents is 1. The second kappa shape index (κ2) is 39.2. The Bertz CT molecular complexity index is 2800. The number of aliphatic carboxylic acids is 2. The number of rotatable bonds is 41. The van der Waals surface area contributed by atoms with Gasteiger partial charge in [0.15, 0.2) is 18.8 Å². The third-order valence-corrected chi connectivity index (χ3v) is 15.7. The molecule has 520 valence electrons. The van der Waals surface area contributed by atoms with Gasteiger partial charge in [-0.05, 0) is 75.6 Å². The number of primary amides is 1. The number of hydrogen-bond acceptors (Lipinski definition) is 23. The van der Waals surface area contributed by atoms with E-state index in [1.54, 1.807) is 13.8 Å². The molecule has 1 aromatic rings. The van der Waals surface area contributed by atoms with Gasteiger partial charge in [-0.3, -0.25) is 67.4 Å². The lowest BCUT2D eigenvalue weighted by molar-refractivity contribution is -0.355. The number of nitrogens with one attached hydrogen (secondary N) is 9. The van der Waals surface area contributed by atoms with Crippen molar-refractivity contribution in [3.8, 4) is 5.75 Å². The smallest absolute Gasteiger partial charge is 0.327 e. The number of guanidine groups is 1. The van der Waals surface area contributed by atoms with Crippen LogP contribution in [0.5, 0.6) is 5.75 Å². The van der Waals surface area contributed by atoms with Gasteiger partial charge in [-0.2, -0.15) is 0 Å². The fourth-order valence-electron chi connectivity index (χ4n) is 9.38. The molecule has 2 aliphatic rings. The summed E-state index contributed by atoms with van der Waals surface area (Å²) in [6.45, 7) is 2.63. The predicted octanol–water partition coefficient (Wildman–Crippen LogP) is -9.98. The number of carboxylic acids is 2.